The smallest absolute Gasteiger partial charge is 0.410 e. The average Bonchev–Trinajstić information content (AvgIpc) is 2.88. The van der Waals surface area contributed by atoms with Crippen LogP contribution in [0.15, 0.2) is 30.3 Å². The molecule has 2 fully saturated rings. The average molecular weight is 486 g/mol. The summed E-state index contributed by atoms with van der Waals surface area (Å²) < 4.78 is 16.9. The van der Waals surface area contributed by atoms with Crippen molar-refractivity contribution in [2.24, 2.45) is 11.3 Å². The van der Waals surface area contributed by atoms with Crippen molar-refractivity contribution in [2.75, 3.05) is 26.3 Å². The number of amides is 2. The van der Waals surface area contributed by atoms with Crippen LogP contribution < -0.4 is 5.32 Å². The Kier molecular flexibility index (Phi) is 9.53. The normalized spacial score (nSPS) is 19.8. The molecule has 8 nitrogen and oxygen atoms in total. The molecule has 3 rings (SSSR count). The van der Waals surface area contributed by atoms with E-state index in [1.807, 2.05) is 30.3 Å². The number of carbonyl (C=O) groups excluding carboxylic acids is 2. The second kappa shape index (κ2) is 12.4. The molecule has 2 amide bonds. The van der Waals surface area contributed by atoms with E-state index >= 15 is 0 Å². The fraction of sp³-hybridized carbons (Fsp3) is 0.667. The molecule has 1 saturated carbocycles. The van der Waals surface area contributed by atoms with E-state index in [4.69, 9.17) is 14.2 Å². The van der Waals surface area contributed by atoms with Crippen LogP contribution in [0.3, 0.4) is 0 Å². The van der Waals surface area contributed by atoms with Gasteiger partial charge in [0.1, 0.15) is 6.07 Å². The first kappa shape index (κ1) is 27.0. The van der Waals surface area contributed by atoms with Crippen molar-refractivity contribution in [1.82, 2.24) is 10.2 Å². The summed E-state index contributed by atoms with van der Waals surface area (Å²) in [5.41, 5.74) is -0.885. The lowest BCUT2D eigenvalue weighted by atomic mass is 9.68. The monoisotopic (exact) mass is 485 g/mol. The second-order valence-electron chi connectivity index (χ2n) is 10.4. The van der Waals surface area contributed by atoms with Gasteiger partial charge in [-0.2, -0.15) is 5.26 Å². The van der Waals surface area contributed by atoms with Crippen molar-refractivity contribution in [2.45, 2.75) is 77.7 Å². The number of carbonyl (C=O) groups is 2. The Morgan fingerprint density at radius 1 is 1.14 bits per heavy atom. The van der Waals surface area contributed by atoms with Gasteiger partial charge in [-0.1, -0.05) is 63.4 Å². The van der Waals surface area contributed by atoms with E-state index in [1.165, 1.54) is 26.2 Å². The van der Waals surface area contributed by atoms with Crippen LogP contribution in [-0.4, -0.2) is 55.0 Å². The number of nitriles is 1. The summed E-state index contributed by atoms with van der Waals surface area (Å²) in [6, 6.07) is 11.5. The Labute approximate surface area is 208 Å². The number of ether oxygens (including phenoxy) is 3. The quantitative estimate of drug-likeness (QED) is 0.521. The Bertz CT molecular complexity index is 873. The van der Waals surface area contributed by atoms with Crippen molar-refractivity contribution in [3.8, 4) is 6.07 Å². The van der Waals surface area contributed by atoms with Gasteiger partial charge in [0.05, 0.1) is 19.8 Å². The Balaban J connectivity index is 1.71. The summed E-state index contributed by atoms with van der Waals surface area (Å²) in [6.45, 7) is 7.70. The van der Waals surface area contributed by atoms with E-state index in [1.54, 1.807) is 4.90 Å². The van der Waals surface area contributed by atoms with Crippen LogP contribution in [0.1, 0.15) is 64.9 Å². The summed E-state index contributed by atoms with van der Waals surface area (Å²) in [5.74, 6) is -0.0714. The lowest BCUT2D eigenvalue weighted by Gasteiger charge is -2.39. The molecule has 2 aliphatic rings. The highest BCUT2D eigenvalue weighted by Crippen LogP contribution is 2.41. The van der Waals surface area contributed by atoms with E-state index in [0.29, 0.717) is 38.6 Å². The minimum Gasteiger partial charge on any atom is -0.436 e. The van der Waals surface area contributed by atoms with Crippen LogP contribution in [0.4, 0.5) is 4.79 Å². The first-order chi connectivity index (χ1) is 16.7. The number of benzene rings is 1. The lowest BCUT2D eigenvalue weighted by Crippen LogP contribution is -2.53. The fourth-order valence-electron chi connectivity index (χ4n) is 4.87. The zero-order valence-corrected chi connectivity index (χ0v) is 21.3. The number of hydrogen-bond donors (Lipinski definition) is 1. The van der Waals surface area contributed by atoms with Gasteiger partial charge >= 0.3 is 6.09 Å². The van der Waals surface area contributed by atoms with Gasteiger partial charge in [0.2, 0.25) is 5.72 Å². The van der Waals surface area contributed by atoms with Gasteiger partial charge in [0.15, 0.2) is 6.10 Å². The molecule has 0 bridgehead atoms. The predicted octanol–water partition coefficient (Wildman–Crippen LogP) is 4.39. The van der Waals surface area contributed by atoms with Crippen molar-refractivity contribution < 1.29 is 23.8 Å². The van der Waals surface area contributed by atoms with E-state index in [-0.39, 0.29) is 12.0 Å². The van der Waals surface area contributed by atoms with E-state index in [9.17, 15) is 14.9 Å². The number of hydrogen-bond acceptors (Lipinski definition) is 6. The predicted molar refractivity (Wildman–Crippen MR) is 131 cm³/mol. The molecule has 192 valence electrons. The maximum absolute atomic E-state index is 13.4. The van der Waals surface area contributed by atoms with Gasteiger partial charge in [-0.05, 0) is 43.1 Å². The number of nitrogens with zero attached hydrogens (tertiary/aromatic N) is 2. The number of nitrogens with one attached hydrogen (secondary N) is 1. The molecule has 35 heavy (non-hydrogen) atoms. The van der Waals surface area contributed by atoms with Gasteiger partial charge in [0, 0.05) is 13.1 Å². The maximum atomic E-state index is 13.4. The summed E-state index contributed by atoms with van der Waals surface area (Å²) in [4.78, 5) is 27.9. The summed E-state index contributed by atoms with van der Waals surface area (Å²) in [6.07, 6.45) is 4.62. The van der Waals surface area contributed by atoms with Gasteiger partial charge in [-0.15, -0.1) is 0 Å². The molecule has 1 N–H and O–H groups in total. The van der Waals surface area contributed by atoms with E-state index < -0.39 is 23.8 Å². The lowest BCUT2D eigenvalue weighted by molar-refractivity contribution is -0.140. The topological polar surface area (TPSA) is 101 Å². The van der Waals surface area contributed by atoms with Crippen molar-refractivity contribution in [3.05, 3.63) is 35.9 Å². The maximum Gasteiger partial charge on any atom is 0.410 e. The van der Waals surface area contributed by atoms with Crippen molar-refractivity contribution in [1.29, 1.82) is 5.26 Å². The van der Waals surface area contributed by atoms with Crippen LogP contribution in [-0.2, 0) is 25.6 Å². The minimum absolute atomic E-state index is 0.164. The highest BCUT2D eigenvalue weighted by molar-refractivity contribution is 5.84. The fourth-order valence-corrected chi connectivity index (χ4v) is 4.87. The van der Waals surface area contributed by atoms with E-state index in [2.05, 4.69) is 25.2 Å². The molecular weight excluding hydrogens is 446 g/mol. The zero-order chi connectivity index (χ0) is 25.3. The van der Waals surface area contributed by atoms with Crippen molar-refractivity contribution >= 4 is 12.0 Å². The third-order valence-corrected chi connectivity index (χ3v) is 7.17. The van der Waals surface area contributed by atoms with Crippen LogP contribution in [0.5, 0.6) is 0 Å². The minimum atomic E-state index is -1.56. The Morgan fingerprint density at radius 3 is 2.43 bits per heavy atom. The molecule has 1 aromatic rings. The highest BCUT2D eigenvalue weighted by atomic mass is 16.6. The van der Waals surface area contributed by atoms with Gasteiger partial charge in [-0.25, -0.2) is 4.79 Å². The standard InChI is InChI=1S/C27H39N3O5/c1-26(2,22-12-8-5-9-13-22)18-23(35-25(32)30-14-16-33-17-15-30)24(31)29-27(3,20-28)34-19-21-10-6-4-7-11-21/h4,6-7,10-11,22-23H,5,8-9,12-19H2,1-3H3,(H,29,31). The summed E-state index contributed by atoms with van der Waals surface area (Å²) in [5, 5.41) is 12.5. The molecule has 1 aliphatic heterocycles. The molecule has 0 spiro atoms. The SMILES string of the molecule is CC(C#N)(NC(=O)C(CC(C)(C)C1CCCCC1)OC(=O)N1CCOCC1)OCc1ccccc1. The number of rotatable bonds is 9. The van der Waals surface area contributed by atoms with Crippen LogP contribution in [0.2, 0.25) is 0 Å². The molecule has 8 heteroatoms. The number of morpholine rings is 1. The van der Waals surface area contributed by atoms with Crippen molar-refractivity contribution in [3.63, 3.8) is 0 Å². The molecule has 1 heterocycles. The third-order valence-electron chi connectivity index (χ3n) is 7.17. The largest absolute Gasteiger partial charge is 0.436 e. The van der Waals surface area contributed by atoms with Crippen LogP contribution in [0, 0.1) is 22.7 Å². The molecule has 2 atom stereocenters. The molecule has 1 saturated heterocycles. The zero-order valence-electron chi connectivity index (χ0n) is 21.3. The molecule has 0 radical (unpaired) electrons. The van der Waals surface area contributed by atoms with E-state index in [0.717, 1.165) is 18.4 Å². The highest BCUT2D eigenvalue weighted by Gasteiger charge is 2.40. The second-order valence-corrected chi connectivity index (χ2v) is 10.4. The Hall–Kier alpha value is -2.63. The first-order valence-corrected chi connectivity index (χ1v) is 12.7. The first-order valence-electron chi connectivity index (χ1n) is 12.7. The third kappa shape index (κ3) is 7.94. The Morgan fingerprint density at radius 2 is 1.80 bits per heavy atom. The van der Waals surface area contributed by atoms with Gasteiger partial charge < -0.3 is 24.4 Å². The van der Waals surface area contributed by atoms with Crippen LogP contribution in [0.25, 0.3) is 0 Å². The molecule has 0 aromatic heterocycles. The molecule has 1 aliphatic carbocycles. The van der Waals surface area contributed by atoms with Gasteiger partial charge in [0.25, 0.3) is 5.91 Å². The van der Waals surface area contributed by atoms with Crippen LogP contribution >= 0.6 is 0 Å². The summed E-state index contributed by atoms with van der Waals surface area (Å²) in [7, 11) is 0. The molecular formula is C27H39N3O5. The van der Waals surface area contributed by atoms with Gasteiger partial charge in [-0.3, -0.25) is 4.79 Å². The molecule has 2 unspecified atom stereocenters. The summed E-state index contributed by atoms with van der Waals surface area (Å²) >= 11 is 0. The molecule has 1 aromatic carbocycles.